The zero-order valence-corrected chi connectivity index (χ0v) is 16.3. The van der Waals surface area contributed by atoms with Gasteiger partial charge in [-0.05, 0) is 61.9 Å². The maximum atomic E-state index is 12.4. The molecule has 0 atom stereocenters. The number of methoxy groups -OCH3 is 1. The van der Waals surface area contributed by atoms with E-state index in [1.54, 1.807) is 36.3 Å². The molecule has 0 radical (unpaired) electrons. The second-order valence-electron chi connectivity index (χ2n) is 6.38. The number of benzene rings is 2. The third-order valence-electron chi connectivity index (χ3n) is 4.43. The molecule has 6 nitrogen and oxygen atoms in total. The van der Waals surface area contributed by atoms with E-state index in [0.717, 1.165) is 22.6 Å². The fraction of sp³-hybridized carbons (Fsp3) is 0.333. The van der Waals surface area contributed by atoms with Crippen molar-refractivity contribution in [1.82, 2.24) is 4.90 Å². The number of hydrogen-bond donors (Lipinski definition) is 2. The lowest BCUT2D eigenvalue weighted by molar-refractivity contribution is -0.119. The summed E-state index contributed by atoms with van der Waals surface area (Å²) in [5.41, 5.74) is 3.67. The zero-order chi connectivity index (χ0) is 19.8. The molecule has 144 valence electrons. The molecule has 0 spiro atoms. The average molecular weight is 369 g/mol. The number of nitrogens with zero attached hydrogens (tertiary/aromatic N) is 1. The van der Waals surface area contributed by atoms with Gasteiger partial charge in [0, 0.05) is 11.4 Å². The number of carbonyl (C=O) groups excluding carboxylic acids is 2. The molecule has 0 fully saturated rings. The summed E-state index contributed by atoms with van der Waals surface area (Å²) in [6.07, 6.45) is 0. The van der Waals surface area contributed by atoms with Gasteiger partial charge in [-0.15, -0.1) is 0 Å². The van der Waals surface area contributed by atoms with Crippen molar-refractivity contribution >= 4 is 23.2 Å². The van der Waals surface area contributed by atoms with Crippen LogP contribution in [0.25, 0.3) is 0 Å². The van der Waals surface area contributed by atoms with Gasteiger partial charge < -0.3 is 15.4 Å². The Morgan fingerprint density at radius 3 is 2.19 bits per heavy atom. The van der Waals surface area contributed by atoms with E-state index in [9.17, 15) is 9.59 Å². The Bertz CT molecular complexity index is 788. The Hall–Kier alpha value is -2.86. The molecule has 0 heterocycles. The van der Waals surface area contributed by atoms with Gasteiger partial charge in [0.05, 0.1) is 20.2 Å². The molecule has 0 unspecified atom stereocenters. The van der Waals surface area contributed by atoms with E-state index in [0.29, 0.717) is 12.2 Å². The molecule has 0 aliphatic carbocycles. The van der Waals surface area contributed by atoms with Gasteiger partial charge >= 0.3 is 0 Å². The SMILES string of the molecule is CCN(CC(=O)Nc1ccc(OC)cc1)CC(=O)Nc1cccc(C)c1C. The standard InChI is InChI=1S/C21H27N3O3/c1-5-24(13-20(25)22-17-9-11-18(27-4)12-10-17)14-21(26)23-19-8-6-7-15(2)16(19)3/h6-12H,5,13-14H2,1-4H3,(H,22,25)(H,23,26). The quantitative estimate of drug-likeness (QED) is 0.750. The van der Waals surface area contributed by atoms with E-state index >= 15 is 0 Å². The van der Waals surface area contributed by atoms with Crippen LogP contribution in [0.2, 0.25) is 0 Å². The Morgan fingerprint density at radius 1 is 0.963 bits per heavy atom. The summed E-state index contributed by atoms with van der Waals surface area (Å²) in [7, 11) is 1.59. The lowest BCUT2D eigenvalue weighted by Crippen LogP contribution is -2.38. The molecule has 2 N–H and O–H groups in total. The van der Waals surface area contributed by atoms with Crippen LogP contribution in [0.4, 0.5) is 11.4 Å². The lowest BCUT2D eigenvalue weighted by atomic mass is 10.1. The molecular weight excluding hydrogens is 342 g/mol. The molecule has 2 aromatic carbocycles. The largest absolute Gasteiger partial charge is 0.497 e. The van der Waals surface area contributed by atoms with Crippen molar-refractivity contribution in [3.8, 4) is 5.75 Å². The van der Waals surface area contributed by atoms with Gasteiger partial charge in [0.25, 0.3) is 0 Å². The van der Waals surface area contributed by atoms with Crippen molar-refractivity contribution in [2.24, 2.45) is 0 Å². The number of nitrogens with one attached hydrogen (secondary N) is 2. The normalized spacial score (nSPS) is 10.6. The molecule has 0 bridgehead atoms. The van der Waals surface area contributed by atoms with Crippen LogP contribution in [0.1, 0.15) is 18.1 Å². The molecule has 2 aromatic rings. The minimum Gasteiger partial charge on any atom is -0.497 e. The number of likely N-dealkylation sites (N-methyl/N-ethyl adjacent to an activating group) is 1. The highest BCUT2D eigenvalue weighted by atomic mass is 16.5. The van der Waals surface area contributed by atoms with Crippen LogP contribution in [0.5, 0.6) is 5.75 Å². The monoisotopic (exact) mass is 369 g/mol. The van der Waals surface area contributed by atoms with Crippen molar-refractivity contribution in [1.29, 1.82) is 0 Å². The van der Waals surface area contributed by atoms with Crippen molar-refractivity contribution in [3.63, 3.8) is 0 Å². The molecule has 2 amide bonds. The maximum Gasteiger partial charge on any atom is 0.238 e. The maximum absolute atomic E-state index is 12.4. The second kappa shape index (κ2) is 9.73. The minimum atomic E-state index is -0.165. The minimum absolute atomic E-state index is 0.136. The molecule has 2 rings (SSSR count). The van der Waals surface area contributed by atoms with Gasteiger partial charge in [-0.2, -0.15) is 0 Å². The van der Waals surface area contributed by atoms with Crippen LogP contribution in [0, 0.1) is 13.8 Å². The van der Waals surface area contributed by atoms with Gasteiger partial charge in [0.1, 0.15) is 5.75 Å². The summed E-state index contributed by atoms with van der Waals surface area (Å²) in [5.74, 6) is 0.427. The van der Waals surface area contributed by atoms with E-state index in [1.807, 2.05) is 39.0 Å². The molecular formula is C21H27N3O3. The molecule has 0 saturated heterocycles. The number of aryl methyl sites for hydroxylation is 1. The Morgan fingerprint density at radius 2 is 1.59 bits per heavy atom. The predicted octanol–water partition coefficient (Wildman–Crippen LogP) is 3.21. The molecule has 0 aliphatic heterocycles. The molecule has 6 heteroatoms. The highest BCUT2D eigenvalue weighted by molar-refractivity contribution is 5.95. The molecule has 0 aromatic heterocycles. The number of carbonyl (C=O) groups is 2. The smallest absolute Gasteiger partial charge is 0.238 e. The third-order valence-corrected chi connectivity index (χ3v) is 4.43. The topological polar surface area (TPSA) is 70.7 Å². The summed E-state index contributed by atoms with van der Waals surface area (Å²) in [4.78, 5) is 26.4. The number of rotatable bonds is 8. The van der Waals surface area contributed by atoms with Crippen LogP contribution in [-0.4, -0.2) is 43.5 Å². The fourth-order valence-electron chi connectivity index (χ4n) is 2.64. The predicted molar refractivity (Wildman–Crippen MR) is 108 cm³/mol. The summed E-state index contributed by atoms with van der Waals surface area (Å²) in [6, 6.07) is 12.9. The lowest BCUT2D eigenvalue weighted by Gasteiger charge is -2.20. The number of hydrogen-bond acceptors (Lipinski definition) is 4. The molecule has 27 heavy (non-hydrogen) atoms. The first-order chi connectivity index (χ1) is 12.9. The Labute approximate surface area is 160 Å². The van der Waals surface area contributed by atoms with Crippen LogP contribution >= 0.6 is 0 Å². The van der Waals surface area contributed by atoms with Gasteiger partial charge in [-0.1, -0.05) is 19.1 Å². The van der Waals surface area contributed by atoms with Crippen molar-refractivity contribution in [2.45, 2.75) is 20.8 Å². The first-order valence-electron chi connectivity index (χ1n) is 8.95. The van der Waals surface area contributed by atoms with E-state index in [1.165, 1.54) is 0 Å². The van der Waals surface area contributed by atoms with Gasteiger partial charge in [-0.3, -0.25) is 14.5 Å². The van der Waals surface area contributed by atoms with Gasteiger partial charge in [0.15, 0.2) is 0 Å². The van der Waals surface area contributed by atoms with Crippen LogP contribution in [-0.2, 0) is 9.59 Å². The molecule has 0 saturated carbocycles. The van der Waals surface area contributed by atoms with Crippen LogP contribution in [0.15, 0.2) is 42.5 Å². The summed E-state index contributed by atoms with van der Waals surface area (Å²) in [6.45, 7) is 6.79. The van der Waals surface area contributed by atoms with Gasteiger partial charge in [0.2, 0.25) is 11.8 Å². The van der Waals surface area contributed by atoms with Crippen molar-refractivity contribution < 1.29 is 14.3 Å². The summed E-state index contributed by atoms with van der Waals surface area (Å²) < 4.78 is 5.10. The van der Waals surface area contributed by atoms with Gasteiger partial charge in [-0.25, -0.2) is 0 Å². The number of anilines is 2. The number of ether oxygens (including phenoxy) is 1. The highest BCUT2D eigenvalue weighted by Crippen LogP contribution is 2.18. The third kappa shape index (κ3) is 6.11. The van der Waals surface area contributed by atoms with E-state index in [-0.39, 0.29) is 24.9 Å². The summed E-state index contributed by atoms with van der Waals surface area (Å²) >= 11 is 0. The summed E-state index contributed by atoms with van der Waals surface area (Å²) in [5, 5.41) is 5.75. The van der Waals surface area contributed by atoms with Crippen molar-refractivity contribution in [2.75, 3.05) is 37.4 Å². The Balaban J connectivity index is 1.88. The zero-order valence-electron chi connectivity index (χ0n) is 16.3. The van der Waals surface area contributed by atoms with Crippen molar-refractivity contribution in [3.05, 3.63) is 53.6 Å². The molecule has 0 aliphatic rings. The first kappa shape index (κ1) is 20.5. The van der Waals surface area contributed by atoms with Crippen LogP contribution < -0.4 is 15.4 Å². The van der Waals surface area contributed by atoms with E-state index in [2.05, 4.69) is 10.6 Å². The second-order valence-corrected chi connectivity index (χ2v) is 6.38. The van der Waals surface area contributed by atoms with E-state index < -0.39 is 0 Å². The van der Waals surface area contributed by atoms with E-state index in [4.69, 9.17) is 4.74 Å². The average Bonchev–Trinajstić information content (AvgIpc) is 2.65. The van der Waals surface area contributed by atoms with Crippen LogP contribution in [0.3, 0.4) is 0 Å². The first-order valence-corrected chi connectivity index (χ1v) is 8.95. The fourth-order valence-corrected chi connectivity index (χ4v) is 2.64. The number of amides is 2. The Kier molecular flexibility index (Phi) is 7.37. The highest BCUT2D eigenvalue weighted by Gasteiger charge is 2.14.